The van der Waals surface area contributed by atoms with Gasteiger partial charge in [0.05, 0.1) is 12.8 Å². The highest BCUT2D eigenvalue weighted by molar-refractivity contribution is 7.14. The summed E-state index contributed by atoms with van der Waals surface area (Å²) in [5, 5.41) is 5.06. The van der Waals surface area contributed by atoms with Crippen molar-refractivity contribution in [3.63, 3.8) is 0 Å². The molecule has 0 atom stereocenters. The first-order chi connectivity index (χ1) is 13.2. The van der Waals surface area contributed by atoms with Gasteiger partial charge in [-0.05, 0) is 36.4 Å². The lowest BCUT2D eigenvalue weighted by atomic mass is 10.1. The quantitative estimate of drug-likeness (QED) is 0.562. The van der Waals surface area contributed by atoms with Crippen molar-refractivity contribution in [1.82, 2.24) is 15.0 Å². The number of carbonyl (C=O) groups excluding carboxylic acids is 1. The van der Waals surface area contributed by atoms with Crippen LogP contribution in [-0.4, -0.2) is 28.0 Å². The van der Waals surface area contributed by atoms with Crippen molar-refractivity contribution in [1.29, 1.82) is 0 Å². The van der Waals surface area contributed by atoms with Gasteiger partial charge in [-0.15, -0.1) is 11.3 Å². The molecule has 3 heterocycles. The Morgan fingerprint density at radius 2 is 1.96 bits per heavy atom. The van der Waals surface area contributed by atoms with Crippen molar-refractivity contribution in [2.24, 2.45) is 0 Å². The summed E-state index contributed by atoms with van der Waals surface area (Å²) in [6.07, 6.45) is 2.94. The Kier molecular flexibility index (Phi) is 4.63. The number of rotatable bonds is 5. The maximum Gasteiger partial charge on any atom is 0.280 e. The van der Waals surface area contributed by atoms with Crippen LogP contribution in [0.25, 0.3) is 22.7 Å². The number of amides is 1. The average molecular weight is 378 g/mol. The van der Waals surface area contributed by atoms with Crippen LogP contribution in [0.3, 0.4) is 0 Å². The van der Waals surface area contributed by atoms with E-state index in [1.54, 1.807) is 37.6 Å². The third kappa shape index (κ3) is 3.56. The fourth-order valence-electron chi connectivity index (χ4n) is 2.47. The fourth-order valence-corrected chi connectivity index (χ4v) is 3.17. The Morgan fingerprint density at radius 3 is 2.70 bits per heavy atom. The highest BCUT2D eigenvalue weighted by Crippen LogP contribution is 2.27. The van der Waals surface area contributed by atoms with E-state index in [1.807, 2.05) is 23.6 Å². The van der Waals surface area contributed by atoms with Crippen LogP contribution in [0.2, 0.25) is 0 Å². The van der Waals surface area contributed by atoms with Gasteiger partial charge < -0.3 is 9.15 Å². The van der Waals surface area contributed by atoms with E-state index in [-0.39, 0.29) is 5.69 Å². The van der Waals surface area contributed by atoms with Crippen molar-refractivity contribution in [2.75, 3.05) is 12.4 Å². The van der Waals surface area contributed by atoms with Crippen LogP contribution in [0.5, 0.6) is 5.75 Å². The number of methoxy groups -OCH3 is 1. The number of nitrogens with zero attached hydrogens (tertiary/aromatic N) is 3. The minimum absolute atomic E-state index is 0.190. The molecule has 8 heteroatoms. The third-order valence-electron chi connectivity index (χ3n) is 3.79. The van der Waals surface area contributed by atoms with E-state index in [4.69, 9.17) is 9.15 Å². The zero-order chi connectivity index (χ0) is 18.6. The van der Waals surface area contributed by atoms with E-state index in [0.717, 1.165) is 11.3 Å². The van der Waals surface area contributed by atoms with E-state index in [0.29, 0.717) is 22.3 Å². The van der Waals surface area contributed by atoms with Crippen LogP contribution in [0, 0.1) is 0 Å². The van der Waals surface area contributed by atoms with Gasteiger partial charge in [0.25, 0.3) is 5.91 Å². The molecule has 4 aromatic rings. The molecule has 4 rings (SSSR count). The maximum atomic E-state index is 12.6. The summed E-state index contributed by atoms with van der Waals surface area (Å²) in [6, 6.07) is 12.8. The van der Waals surface area contributed by atoms with Gasteiger partial charge in [0.2, 0.25) is 0 Å². The lowest BCUT2D eigenvalue weighted by molar-refractivity contribution is 0.102. The second-order valence-corrected chi connectivity index (χ2v) is 6.32. The van der Waals surface area contributed by atoms with E-state index in [1.165, 1.54) is 17.7 Å². The minimum Gasteiger partial charge on any atom is -0.497 e. The number of benzene rings is 1. The molecule has 0 saturated carbocycles. The summed E-state index contributed by atoms with van der Waals surface area (Å²) < 4.78 is 10.6. The number of aromatic nitrogens is 3. The number of hydrogen-bond donors (Lipinski definition) is 1. The molecule has 0 aliphatic rings. The minimum atomic E-state index is -0.392. The zero-order valence-electron chi connectivity index (χ0n) is 14.2. The number of thiazole rings is 1. The third-order valence-corrected chi connectivity index (χ3v) is 4.54. The van der Waals surface area contributed by atoms with Crippen molar-refractivity contribution < 1.29 is 13.9 Å². The average Bonchev–Trinajstić information content (AvgIpc) is 3.38. The lowest BCUT2D eigenvalue weighted by Gasteiger charge is -2.03. The van der Waals surface area contributed by atoms with E-state index in [9.17, 15) is 4.79 Å². The summed E-state index contributed by atoms with van der Waals surface area (Å²) in [5.74, 6) is 0.710. The molecule has 27 heavy (non-hydrogen) atoms. The number of carbonyl (C=O) groups is 1. The van der Waals surface area contributed by atoms with Gasteiger partial charge in [0.1, 0.15) is 11.4 Å². The molecule has 1 N–H and O–H groups in total. The number of pyridine rings is 1. The molecule has 0 saturated heterocycles. The van der Waals surface area contributed by atoms with Gasteiger partial charge in [-0.25, -0.2) is 9.97 Å². The summed E-state index contributed by atoms with van der Waals surface area (Å²) >= 11 is 1.32. The van der Waals surface area contributed by atoms with Gasteiger partial charge >= 0.3 is 0 Å². The van der Waals surface area contributed by atoms with Gasteiger partial charge in [-0.2, -0.15) is 0 Å². The Morgan fingerprint density at radius 1 is 1.11 bits per heavy atom. The predicted octanol–water partition coefficient (Wildman–Crippen LogP) is 4.12. The summed E-state index contributed by atoms with van der Waals surface area (Å²) in [7, 11) is 1.59. The zero-order valence-corrected chi connectivity index (χ0v) is 15.1. The van der Waals surface area contributed by atoms with Crippen LogP contribution in [0.4, 0.5) is 5.13 Å². The molecule has 0 bridgehead atoms. The van der Waals surface area contributed by atoms with Crippen molar-refractivity contribution in [2.45, 2.75) is 0 Å². The van der Waals surface area contributed by atoms with Crippen molar-refractivity contribution in [3.8, 4) is 28.5 Å². The molecule has 134 valence electrons. The van der Waals surface area contributed by atoms with Gasteiger partial charge in [-0.3, -0.25) is 15.1 Å². The monoisotopic (exact) mass is 378 g/mol. The standard InChI is InChI=1S/C19H14N4O3S/c1-25-13-7-5-12(6-8-13)17-16(21-11-26-17)18(24)23-19-22-15(10-27-19)14-4-2-3-9-20-14/h2-11H,1H3,(H,22,23,24). The highest BCUT2D eigenvalue weighted by atomic mass is 32.1. The SMILES string of the molecule is COc1ccc(-c2ocnc2C(=O)Nc2nc(-c3ccccn3)cs2)cc1. The Hall–Kier alpha value is -3.52. The Bertz CT molecular complexity index is 1060. The number of anilines is 1. The number of oxazole rings is 1. The second-order valence-electron chi connectivity index (χ2n) is 5.47. The summed E-state index contributed by atoms with van der Waals surface area (Å²) in [5.41, 5.74) is 2.36. The first-order valence-electron chi connectivity index (χ1n) is 8.01. The Labute approximate surface area is 158 Å². The van der Waals surface area contributed by atoms with Crippen LogP contribution in [-0.2, 0) is 0 Å². The van der Waals surface area contributed by atoms with Gasteiger partial charge in [0, 0.05) is 17.1 Å². The van der Waals surface area contributed by atoms with Gasteiger partial charge in [0.15, 0.2) is 23.0 Å². The van der Waals surface area contributed by atoms with Crippen LogP contribution in [0.1, 0.15) is 10.5 Å². The molecule has 0 aliphatic carbocycles. The summed E-state index contributed by atoms with van der Waals surface area (Å²) in [4.78, 5) is 25.3. The topological polar surface area (TPSA) is 90.1 Å². The Balaban J connectivity index is 1.54. The number of hydrogen-bond acceptors (Lipinski definition) is 7. The smallest absolute Gasteiger partial charge is 0.280 e. The largest absolute Gasteiger partial charge is 0.497 e. The lowest BCUT2D eigenvalue weighted by Crippen LogP contribution is -2.13. The van der Waals surface area contributed by atoms with E-state index < -0.39 is 5.91 Å². The number of ether oxygens (including phenoxy) is 1. The van der Waals surface area contributed by atoms with Crippen LogP contribution in [0.15, 0.2) is 64.9 Å². The predicted molar refractivity (Wildman–Crippen MR) is 102 cm³/mol. The fraction of sp³-hybridized carbons (Fsp3) is 0.0526. The van der Waals surface area contributed by atoms with Crippen molar-refractivity contribution >= 4 is 22.4 Å². The van der Waals surface area contributed by atoms with Crippen LogP contribution < -0.4 is 10.1 Å². The number of nitrogens with one attached hydrogen (secondary N) is 1. The molecular weight excluding hydrogens is 364 g/mol. The molecule has 0 unspecified atom stereocenters. The molecule has 7 nitrogen and oxygen atoms in total. The second kappa shape index (κ2) is 7.38. The van der Waals surface area contributed by atoms with Gasteiger partial charge in [-0.1, -0.05) is 6.07 Å². The maximum absolute atomic E-state index is 12.6. The normalized spacial score (nSPS) is 10.6. The molecule has 3 aromatic heterocycles. The molecular formula is C19H14N4O3S. The molecule has 1 amide bonds. The molecule has 1 aromatic carbocycles. The van der Waals surface area contributed by atoms with Crippen LogP contribution >= 0.6 is 11.3 Å². The molecule has 0 spiro atoms. The van der Waals surface area contributed by atoms with E-state index in [2.05, 4.69) is 20.3 Å². The molecule has 0 fully saturated rings. The van der Waals surface area contributed by atoms with Crippen molar-refractivity contribution in [3.05, 3.63) is 66.1 Å². The molecule has 0 aliphatic heterocycles. The first-order valence-corrected chi connectivity index (χ1v) is 8.89. The highest BCUT2D eigenvalue weighted by Gasteiger charge is 2.19. The first kappa shape index (κ1) is 16.9. The summed E-state index contributed by atoms with van der Waals surface area (Å²) in [6.45, 7) is 0. The molecule has 0 radical (unpaired) electrons. The van der Waals surface area contributed by atoms with E-state index >= 15 is 0 Å².